The van der Waals surface area contributed by atoms with E-state index in [0.717, 1.165) is 47.2 Å². The summed E-state index contributed by atoms with van der Waals surface area (Å²) in [4.78, 5) is 19.4. The quantitative estimate of drug-likeness (QED) is 0.741. The first-order valence-electron chi connectivity index (χ1n) is 8.45. The number of halogens is 1. The van der Waals surface area contributed by atoms with Crippen LogP contribution >= 0.6 is 22.9 Å². The third-order valence-electron chi connectivity index (χ3n) is 4.29. The maximum Gasteiger partial charge on any atom is 0.251 e. The van der Waals surface area contributed by atoms with Crippen LogP contribution in [0.5, 0.6) is 0 Å². The number of benzene rings is 2. The number of aromatic nitrogens is 1. The van der Waals surface area contributed by atoms with Gasteiger partial charge in [0.1, 0.15) is 0 Å². The Kier molecular flexibility index (Phi) is 5.06. The molecule has 0 bridgehead atoms. The van der Waals surface area contributed by atoms with Gasteiger partial charge in [-0.05, 0) is 35.9 Å². The van der Waals surface area contributed by atoms with Crippen LogP contribution < -0.4 is 10.2 Å². The van der Waals surface area contributed by atoms with Gasteiger partial charge in [0, 0.05) is 30.2 Å². The van der Waals surface area contributed by atoms with Gasteiger partial charge in [-0.25, -0.2) is 4.98 Å². The molecule has 2 aromatic carbocycles. The molecule has 1 amide bonds. The van der Waals surface area contributed by atoms with Crippen LogP contribution in [0.15, 0.2) is 42.5 Å². The van der Waals surface area contributed by atoms with Crippen molar-refractivity contribution >= 4 is 44.2 Å². The number of hydrogen-bond donors (Lipinski definition) is 1. The van der Waals surface area contributed by atoms with E-state index in [1.165, 1.54) is 0 Å². The molecule has 0 saturated carbocycles. The zero-order valence-electron chi connectivity index (χ0n) is 14.1. The van der Waals surface area contributed by atoms with Crippen molar-refractivity contribution in [2.24, 2.45) is 0 Å². The summed E-state index contributed by atoms with van der Waals surface area (Å²) in [5.41, 5.74) is 2.57. The van der Waals surface area contributed by atoms with Crippen LogP contribution in [0.1, 0.15) is 15.9 Å². The zero-order valence-corrected chi connectivity index (χ0v) is 15.6. The number of morpholine rings is 1. The zero-order chi connectivity index (χ0) is 17.9. The van der Waals surface area contributed by atoms with Gasteiger partial charge in [0.05, 0.1) is 23.4 Å². The molecule has 4 rings (SSSR count). The lowest BCUT2D eigenvalue weighted by atomic mass is 10.2. The molecule has 0 unspecified atom stereocenters. The molecule has 1 aliphatic heterocycles. The van der Waals surface area contributed by atoms with E-state index >= 15 is 0 Å². The van der Waals surface area contributed by atoms with Crippen LogP contribution in [-0.2, 0) is 11.3 Å². The van der Waals surface area contributed by atoms with Crippen molar-refractivity contribution in [3.05, 3.63) is 58.6 Å². The van der Waals surface area contributed by atoms with E-state index in [1.807, 2.05) is 42.5 Å². The van der Waals surface area contributed by atoms with E-state index in [2.05, 4.69) is 15.2 Å². The number of carbonyl (C=O) groups excluding carboxylic acids is 1. The van der Waals surface area contributed by atoms with Crippen molar-refractivity contribution in [2.45, 2.75) is 6.54 Å². The number of amides is 1. The molecule has 2 heterocycles. The van der Waals surface area contributed by atoms with Crippen molar-refractivity contribution < 1.29 is 9.53 Å². The molecule has 0 atom stereocenters. The molecule has 1 aliphatic rings. The van der Waals surface area contributed by atoms with Crippen molar-refractivity contribution in [3.8, 4) is 0 Å². The fourth-order valence-corrected chi connectivity index (χ4v) is 4.01. The number of hydrogen-bond acceptors (Lipinski definition) is 5. The van der Waals surface area contributed by atoms with Crippen LogP contribution in [0.4, 0.5) is 5.13 Å². The minimum absolute atomic E-state index is 0.0943. The Bertz CT molecular complexity index is 920. The molecule has 3 aromatic rings. The van der Waals surface area contributed by atoms with Crippen LogP contribution in [-0.4, -0.2) is 37.2 Å². The van der Waals surface area contributed by atoms with Gasteiger partial charge in [-0.1, -0.05) is 35.1 Å². The van der Waals surface area contributed by atoms with E-state index in [-0.39, 0.29) is 5.91 Å². The maximum absolute atomic E-state index is 12.5. The fraction of sp³-hybridized carbons (Fsp3) is 0.263. The monoisotopic (exact) mass is 387 g/mol. The van der Waals surface area contributed by atoms with Crippen molar-refractivity contribution in [1.82, 2.24) is 10.3 Å². The molecule has 0 aliphatic carbocycles. The summed E-state index contributed by atoms with van der Waals surface area (Å²) in [5.74, 6) is -0.0943. The Morgan fingerprint density at radius 1 is 1.19 bits per heavy atom. The molecule has 1 fully saturated rings. The van der Waals surface area contributed by atoms with Gasteiger partial charge in [0.15, 0.2) is 5.13 Å². The summed E-state index contributed by atoms with van der Waals surface area (Å²) >= 11 is 7.50. The smallest absolute Gasteiger partial charge is 0.251 e. The summed E-state index contributed by atoms with van der Waals surface area (Å²) in [7, 11) is 0. The van der Waals surface area contributed by atoms with E-state index in [4.69, 9.17) is 16.3 Å². The Labute approximate surface area is 160 Å². The Hall–Kier alpha value is -2.15. The van der Waals surface area contributed by atoms with Crippen LogP contribution in [0.3, 0.4) is 0 Å². The molecule has 1 saturated heterocycles. The lowest BCUT2D eigenvalue weighted by molar-refractivity contribution is 0.0951. The molecule has 26 heavy (non-hydrogen) atoms. The number of anilines is 1. The highest BCUT2D eigenvalue weighted by atomic mass is 35.5. The predicted octanol–water partition coefficient (Wildman–Crippen LogP) is 3.72. The first kappa shape index (κ1) is 17.3. The largest absolute Gasteiger partial charge is 0.378 e. The van der Waals surface area contributed by atoms with Crippen LogP contribution in [0, 0.1) is 0 Å². The molecular weight excluding hydrogens is 370 g/mol. The highest BCUT2D eigenvalue weighted by molar-refractivity contribution is 7.22. The predicted molar refractivity (Wildman–Crippen MR) is 105 cm³/mol. The average Bonchev–Trinajstić information content (AvgIpc) is 3.11. The second-order valence-corrected chi connectivity index (χ2v) is 7.53. The van der Waals surface area contributed by atoms with Gasteiger partial charge in [0.2, 0.25) is 0 Å². The lowest BCUT2D eigenvalue weighted by Crippen LogP contribution is -2.36. The molecule has 0 spiro atoms. The minimum atomic E-state index is -0.0943. The first-order valence-corrected chi connectivity index (χ1v) is 9.64. The normalized spacial score (nSPS) is 14.6. The lowest BCUT2D eigenvalue weighted by Gasteiger charge is -2.25. The van der Waals surface area contributed by atoms with Gasteiger partial charge >= 0.3 is 0 Å². The van der Waals surface area contributed by atoms with E-state index in [0.29, 0.717) is 17.1 Å². The second-order valence-electron chi connectivity index (χ2n) is 6.09. The van der Waals surface area contributed by atoms with Gasteiger partial charge < -0.3 is 15.0 Å². The number of nitrogens with one attached hydrogen (secondary N) is 1. The summed E-state index contributed by atoms with van der Waals surface area (Å²) in [5, 5.41) is 4.62. The van der Waals surface area contributed by atoms with E-state index < -0.39 is 0 Å². The third kappa shape index (κ3) is 3.82. The number of nitrogens with zero attached hydrogens (tertiary/aromatic N) is 2. The van der Waals surface area contributed by atoms with Crippen LogP contribution in [0.2, 0.25) is 5.02 Å². The Morgan fingerprint density at radius 3 is 2.73 bits per heavy atom. The molecular formula is C19H18ClN3O2S. The Morgan fingerprint density at radius 2 is 1.96 bits per heavy atom. The number of thiazole rings is 1. The topological polar surface area (TPSA) is 54.5 Å². The third-order valence-corrected chi connectivity index (χ3v) is 5.62. The SMILES string of the molecule is O=C(NCc1ccc(Cl)cc1)c1ccc2nc(N3CCOCC3)sc2c1. The first-order chi connectivity index (χ1) is 12.7. The number of rotatable bonds is 4. The van der Waals surface area contributed by atoms with Crippen molar-refractivity contribution in [2.75, 3.05) is 31.2 Å². The van der Waals surface area contributed by atoms with E-state index in [9.17, 15) is 4.79 Å². The maximum atomic E-state index is 12.5. The van der Waals surface area contributed by atoms with Gasteiger partial charge in [-0.15, -0.1) is 0 Å². The fourth-order valence-electron chi connectivity index (χ4n) is 2.83. The number of fused-ring (bicyclic) bond motifs is 1. The summed E-state index contributed by atoms with van der Waals surface area (Å²) < 4.78 is 6.41. The summed E-state index contributed by atoms with van der Waals surface area (Å²) in [6.45, 7) is 3.64. The van der Waals surface area contributed by atoms with Crippen molar-refractivity contribution in [1.29, 1.82) is 0 Å². The molecule has 134 valence electrons. The molecule has 1 aromatic heterocycles. The van der Waals surface area contributed by atoms with Gasteiger partial charge in [-0.2, -0.15) is 0 Å². The van der Waals surface area contributed by atoms with Gasteiger partial charge in [-0.3, -0.25) is 4.79 Å². The summed E-state index contributed by atoms with van der Waals surface area (Å²) in [6, 6.07) is 13.1. The standard InChI is InChI=1S/C19H18ClN3O2S/c20-15-4-1-13(2-5-15)12-21-18(24)14-3-6-16-17(11-14)26-19(22-16)23-7-9-25-10-8-23/h1-6,11H,7-10,12H2,(H,21,24). The van der Waals surface area contributed by atoms with E-state index in [1.54, 1.807) is 11.3 Å². The Balaban J connectivity index is 1.47. The molecule has 7 heteroatoms. The van der Waals surface area contributed by atoms with Gasteiger partial charge in [0.25, 0.3) is 5.91 Å². The molecule has 0 radical (unpaired) electrons. The second kappa shape index (κ2) is 7.61. The minimum Gasteiger partial charge on any atom is -0.378 e. The van der Waals surface area contributed by atoms with Crippen molar-refractivity contribution in [3.63, 3.8) is 0 Å². The number of ether oxygens (including phenoxy) is 1. The molecule has 1 N–H and O–H groups in total. The number of carbonyl (C=O) groups is 1. The highest BCUT2D eigenvalue weighted by Gasteiger charge is 2.16. The highest BCUT2D eigenvalue weighted by Crippen LogP contribution is 2.30. The molecule has 5 nitrogen and oxygen atoms in total. The average molecular weight is 388 g/mol. The van der Waals surface area contributed by atoms with Crippen LogP contribution in [0.25, 0.3) is 10.2 Å². The summed E-state index contributed by atoms with van der Waals surface area (Å²) in [6.07, 6.45) is 0.